The Morgan fingerprint density at radius 1 is 0.636 bits per heavy atom. The van der Waals surface area contributed by atoms with E-state index in [0.29, 0.717) is 0 Å². The molecule has 0 bridgehead atoms. The van der Waals surface area contributed by atoms with Gasteiger partial charge in [0, 0.05) is 9.79 Å². The highest BCUT2D eigenvalue weighted by Crippen LogP contribution is 2.44. The van der Waals surface area contributed by atoms with E-state index in [0.717, 1.165) is 20.9 Å². The number of aliphatic hydroxyl groups is 2. The van der Waals surface area contributed by atoms with E-state index in [-0.39, 0.29) is 0 Å². The van der Waals surface area contributed by atoms with Crippen molar-refractivity contribution >= 4 is 21.6 Å². The van der Waals surface area contributed by atoms with E-state index in [4.69, 9.17) is 0 Å². The fraction of sp³-hybridized carbons (Fsp3) is 0.333. The van der Waals surface area contributed by atoms with Gasteiger partial charge in [0.15, 0.2) is 0 Å². The Morgan fingerprint density at radius 2 is 0.955 bits per heavy atom. The van der Waals surface area contributed by atoms with Crippen molar-refractivity contribution in [1.29, 1.82) is 0 Å². The maximum Gasteiger partial charge on any atom is 0.0851 e. The van der Waals surface area contributed by atoms with Crippen LogP contribution in [0.2, 0.25) is 0 Å². The molecule has 0 unspecified atom stereocenters. The first-order chi connectivity index (χ1) is 10.2. The van der Waals surface area contributed by atoms with E-state index < -0.39 is 11.2 Å². The molecule has 2 aromatic rings. The summed E-state index contributed by atoms with van der Waals surface area (Å²) in [5.74, 6) is 0. The first-order valence-corrected chi connectivity index (χ1v) is 9.33. The Balaban J connectivity index is 2.26. The van der Waals surface area contributed by atoms with E-state index in [1.54, 1.807) is 49.3 Å². The zero-order valence-electron chi connectivity index (χ0n) is 13.3. The van der Waals surface area contributed by atoms with Crippen LogP contribution in [0.4, 0.5) is 0 Å². The summed E-state index contributed by atoms with van der Waals surface area (Å²) in [5.41, 5.74) is 0.0707. The van der Waals surface area contributed by atoms with E-state index in [9.17, 15) is 10.2 Å². The van der Waals surface area contributed by atoms with Crippen LogP contribution in [0.25, 0.3) is 0 Å². The molecular formula is C18H22O2S2. The first kappa shape index (κ1) is 17.4. The quantitative estimate of drug-likeness (QED) is 0.760. The number of rotatable bonds is 5. The molecule has 0 saturated heterocycles. The van der Waals surface area contributed by atoms with Crippen molar-refractivity contribution in [3.63, 3.8) is 0 Å². The Morgan fingerprint density at radius 3 is 1.27 bits per heavy atom. The minimum absolute atomic E-state index is 0.875. The van der Waals surface area contributed by atoms with Crippen LogP contribution in [-0.4, -0.2) is 10.2 Å². The zero-order chi connectivity index (χ0) is 16.4. The molecule has 0 radical (unpaired) electrons. The van der Waals surface area contributed by atoms with Crippen LogP contribution >= 0.6 is 21.6 Å². The lowest BCUT2D eigenvalue weighted by Crippen LogP contribution is -2.16. The lowest BCUT2D eigenvalue weighted by atomic mass is 9.99. The van der Waals surface area contributed by atoms with Crippen molar-refractivity contribution in [2.75, 3.05) is 0 Å². The van der Waals surface area contributed by atoms with Gasteiger partial charge in [-0.25, -0.2) is 0 Å². The smallest absolute Gasteiger partial charge is 0.0851 e. The average Bonchev–Trinajstić information content (AvgIpc) is 2.44. The molecule has 2 nitrogen and oxygen atoms in total. The van der Waals surface area contributed by atoms with E-state index in [1.807, 2.05) is 48.5 Å². The average molecular weight is 335 g/mol. The summed E-state index contributed by atoms with van der Waals surface area (Å²) in [6.45, 7) is 7.17. The van der Waals surface area contributed by atoms with Gasteiger partial charge >= 0.3 is 0 Å². The van der Waals surface area contributed by atoms with Crippen LogP contribution in [-0.2, 0) is 11.2 Å². The van der Waals surface area contributed by atoms with Gasteiger partial charge < -0.3 is 10.2 Å². The molecule has 22 heavy (non-hydrogen) atoms. The van der Waals surface area contributed by atoms with Crippen molar-refractivity contribution < 1.29 is 10.2 Å². The summed E-state index contributed by atoms with van der Waals surface area (Å²) in [5, 5.41) is 20.6. The van der Waals surface area contributed by atoms with Gasteiger partial charge in [0.05, 0.1) is 11.2 Å². The van der Waals surface area contributed by atoms with Gasteiger partial charge in [-0.15, -0.1) is 0 Å². The molecule has 2 aromatic carbocycles. The van der Waals surface area contributed by atoms with E-state index >= 15 is 0 Å². The molecule has 0 spiro atoms. The van der Waals surface area contributed by atoms with Crippen molar-refractivity contribution in [2.45, 2.75) is 48.7 Å². The molecule has 2 N–H and O–H groups in total. The highest BCUT2D eigenvalue weighted by Gasteiger charge is 2.22. The molecule has 0 aliphatic heterocycles. The molecule has 2 rings (SSSR count). The maximum absolute atomic E-state index is 10.3. The highest BCUT2D eigenvalue weighted by atomic mass is 33.1. The van der Waals surface area contributed by atoms with Gasteiger partial charge in [0.1, 0.15) is 0 Å². The standard InChI is InChI=1S/C18H22O2S2/c1-17(2,19)13-9-5-7-11-15(13)21-22-16-12-8-6-10-14(16)18(3,4)20/h5-12,19-20H,1-4H3. The maximum atomic E-state index is 10.3. The molecule has 0 aromatic heterocycles. The minimum atomic E-state index is -0.875. The van der Waals surface area contributed by atoms with Gasteiger partial charge in [0.25, 0.3) is 0 Å². The van der Waals surface area contributed by atoms with Gasteiger partial charge in [0.2, 0.25) is 0 Å². The molecule has 4 heteroatoms. The molecule has 0 fully saturated rings. The fourth-order valence-corrected chi connectivity index (χ4v) is 4.85. The van der Waals surface area contributed by atoms with Gasteiger partial charge in [-0.1, -0.05) is 58.0 Å². The second-order valence-electron chi connectivity index (χ2n) is 6.28. The van der Waals surface area contributed by atoms with Crippen LogP contribution in [0, 0.1) is 0 Å². The Hall–Kier alpha value is -0.940. The molecule has 118 valence electrons. The summed E-state index contributed by atoms with van der Waals surface area (Å²) in [6, 6.07) is 15.7. The van der Waals surface area contributed by atoms with Crippen molar-refractivity contribution in [3.05, 3.63) is 59.7 Å². The lowest BCUT2D eigenvalue weighted by Gasteiger charge is -2.23. The van der Waals surface area contributed by atoms with Crippen LogP contribution in [0.15, 0.2) is 58.3 Å². The Labute approximate surface area is 140 Å². The van der Waals surface area contributed by atoms with Gasteiger partial charge in [-0.3, -0.25) is 0 Å². The molecule has 0 aliphatic rings. The summed E-state index contributed by atoms with van der Waals surface area (Å²) >= 11 is 0. The first-order valence-electron chi connectivity index (χ1n) is 7.18. The fourth-order valence-electron chi connectivity index (χ4n) is 2.18. The number of hydrogen-bond acceptors (Lipinski definition) is 4. The molecular weight excluding hydrogens is 312 g/mol. The van der Waals surface area contributed by atoms with Crippen molar-refractivity contribution in [1.82, 2.24) is 0 Å². The number of benzene rings is 2. The summed E-state index contributed by atoms with van der Waals surface area (Å²) in [6.07, 6.45) is 0. The largest absolute Gasteiger partial charge is 0.386 e. The second kappa shape index (κ2) is 6.67. The zero-order valence-corrected chi connectivity index (χ0v) is 15.0. The Bertz CT molecular complexity index is 583. The third-order valence-electron chi connectivity index (χ3n) is 3.31. The Kier molecular flexibility index (Phi) is 5.28. The van der Waals surface area contributed by atoms with E-state index in [2.05, 4.69) is 0 Å². The predicted octanol–water partition coefficient (Wildman–Crippen LogP) is 4.94. The number of hydrogen-bond donors (Lipinski definition) is 2. The lowest BCUT2D eigenvalue weighted by molar-refractivity contribution is 0.0752. The highest BCUT2D eigenvalue weighted by molar-refractivity contribution is 8.76. The summed E-state index contributed by atoms with van der Waals surface area (Å²) in [4.78, 5) is 2.07. The molecule has 0 aliphatic carbocycles. The van der Waals surface area contributed by atoms with E-state index in [1.165, 1.54) is 0 Å². The van der Waals surface area contributed by atoms with Crippen LogP contribution < -0.4 is 0 Å². The molecule has 0 atom stereocenters. The SMILES string of the molecule is CC(C)(O)c1ccccc1SSc1ccccc1C(C)(C)O. The monoisotopic (exact) mass is 334 g/mol. The van der Waals surface area contributed by atoms with Crippen LogP contribution in [0.3, 0.4) is 0 Å². The minimum Gasteiger partial charge on any atom is -0.386 e. The third kappa shape index (κ3) is 4.29. The third-order valence-corrected chi connectivity index (χ3v) is 5.80. The van der Waals surface area contributed by atoms with Crippen molar-refractivity contribution in [2.24, 2.45) is 0 Å². The molecule has 0 saturated carbocycles. The van der Waals surface area contributed by atoms with Crippen molar-refractivity contribution in [3.8, 4) is 0 Å². The topological polar surface area (TPSA) is 40.5 Å². The predicted molar refractivity (Wildman–Crippen MR) is 95.1 cm³/mol. The second-order valence-corrected chi connectivity index (χ2v) is 8.49. The summed E-state index contributed by atoms with van der Waals surface area (Å²) in [7, 11) is 3.21. The molecule has 0 heterocycles. The van der Waals surface area contributed by atoms with Crippen LogP contribution in [0.5, 0.6) is 0 Å². The van der Waals surface area contributed by atoms with Gasteiger partial charge in [-0.05, 0) is 51.0 Å². The van der Waals surface area contributed by atoms with Crippen LogP contribution in [0.1, 0.15) is 38.8 Å². The molecule has 0 amide bonds. The summed E-state index contributed by atoms with van der Waals surface area (Å²) < 4.78 is 0. The normalized spacial score (nSPS) is 12.5. The van der Waals surface area contributed by atoms with Gasteiger partial charge in [-0.2, -0.15) is 0 Å².